The number of halogens is 1. The molecule has 8 fully saturated rings. The van der Waals surface area contributed by atoms with Gasteiger partial charge in [-0.25, -0.2) is 47.5 Å². The number of aryl methyl sites for hydroxylation is 8. The van der Waals surface area contributed by atoms with Gasteiger partial charge in [-0.3, -0.25) is 65.3 Å². The molecule has 2 unspecified atom stereocenters. The summed E-state index contributed by atoms with van der Waals surface area (Å²) in [6.07, 6.45) is 30.5. The van der Waals surface area contributed by atoms with Crippen molar-refractivity contribution in [2.45, 2.75) is 236 Å². The molecular weight excluding hydrogens is 1820 g/mol. The van der Waals surface area contributed by atoms with Gasteiger partial charge in [-0.05, 0) is 174 Å². The van der Waals surface area contributed by atoms with Crippen LogP contribution < -0.4 is 63.9 Å². The summed E-state index contributed by atoms with van der Waals surface area (Å²) in [5.41, 5.74) is 2.06. The van der Waals surface area contributed by atoms with Crippen molar-refractivity contribution in [2.75, 3.05) is 133 Å². The minimum absolute atomic E-state index is 0. The number of methoxy groups -OCH3 is 2. The van der Waals surface area contributed by atoms with Crippen LogP contribution in [-0.2, 0) is 149 Å². The Labute approximate surface area is 831 Å². The molecule has 0 radical (unpaired) electrons. The number of ether oxygens (including phenoxy) is 10. The van der Waals surface area contributed by atoms with Crippen LogP contribution in [0.2, 0.25) is 0 Å². The van der Waals surface area contributed by atoms with Crippen molar-refractivity contribution in [3.05, 3.63) is 109 Å². The number of hydrogen-bond donors (Lipinski definition) is 1. The van der Waals surface area contributed by atoms with Gasteiger partial charge in [0.2, 0.25) is 9.05 Å². The fourth-order valence-electron chi connectivity index (χ4n) is 19.1. The van der Waals surface area contributed by atoms with Gasteiger partial charge >= 0.3 is 53.6 Å². The molecule has 0 saturated carbocycles. The van der Waals surface area contributed by atoms with Gasteiger partial charge in [-0.15, -0.1) is 0 Å². The zero-order valence-electron chi connectivity index (χ0n) is 85.6. The van der Waals surface area contributed by atoms with Crippen LogP contribution in [0.4, 0.5) is 0 Å². The van der Waals surface area contributed by atoms with E-state index < -0.39 is 9.05 Å². The largest absolute Gasteiger partial charge is 1.00 e. The van der Waals surface area contributed by atoms with Crippen molar-refractivity contribution >= 4 is 93.7 Å². The number of aliphatic hydroxyl groups is 1. The fourth-order valence-corrected chi connectivity index (χ4v) is 19.1. The minimum Gasteiger partial charge on any atom is -1.00 e. The molecule has 8 aliphatic rings. The first-order chi connectivity index (χ1) is 64.2. The number of aromatic nitrogens is 16. The summed E-state index contributed by atoms with van der Waals surface area (Å²) < 4.78 is 88.8. The first-order valence-corrected chi connectivity index (χ1v) is 50.6. The van der Waals surface area contributed by atoms with Crippen molar-refractivity contribution in [1.82, 2.24) is 74.7 Å². The standard InChI is InChI=1S/4C15H22N4O3.C9H16O3.C9H18O.C8H16O2.C7H12O3.CH3ClO2S.Al.Li.4H/c2*1-4-15(5-7-22-8-6-15)9-19-13(20)11-12(16-10-17(11)2)18(3)14(19)21;2*1-4-15(6-8-22-9-15)5-7-19-13(20)11-12(16-10-17(11)2)18(3)14(19)21;1-3-9(8(10)11-2)4-6-12-7-5-9;1-3-9(4-2)5-7-10-8-6-9;1-2-8(7-9)3-5-10-6-4-8;1-9-7(8)6-2-4-10-5-3-6;1-5(2,3)4;;;;;;/h4*10H,4-9H2,1-3H3;3-7H2,1-2H3;3-8H2,1-2H3;9H,2-7H2,1H3;6H,2-5H2,1H3;1H3;;;;;;/q;;;;;;;;;;+1;;;;-1. The van der Waals surface area contributed by atoms with Crippen molar-refractivity contribution < 1.29 is 90.8 Å². The smallest absolute Gasteiger partial charge is 1.00 e. The molecule has 8 aromatic heterocycles. The molecule has 43 heteroatoms. The Balaban J connectivity index is 0.000000281. The molecule has 0 aromatic carbocycles. The minimum atomic E-state index is -3.19. The summed E-state index contributed by atoms with van der Waals surface area (Å²) in [6.45, 7) is 31.4. The Hall–Kier alpha value is -7.45. The van der Waals surface area contributed by atoms with Gasteiger partial charge < -0.3 is 72.2 Å². The van der Waals surface area contributed by atoms with Crippen LogP contribution in [0.25, 0.3) is 44.7 Å². The van der Waals surface area contributed by atoms with Crippen LogP contribution in [0.15, 0.2) is 63.7 Å². The van der Waals surface area contributed by atoms with E-state index in [4.69, 9.17) is 47.7 Å². The molecule has 0 amide bonds. The summed E-state index contributed by atoms with van der Waals surface area (Å²) in [4.78, 5) is 140. The molecule has 16 heterocycles. The summed E-state index contributed by atoms with van der Waals surface area (Å²) in [5, 5.41) is 9.09. The monoisotopic (exact) mass is 1980 g/mol. The van der Waals surface area contributed by atoms with Gasteiger partial charge in [0.05, 0.1) is 70.3 Å². The maximum atomic E-state index is 12.8. The predicted molar refractivity (Wildman–Crippen MR) is 527 cm³/mol. The van der Waals surface area contributed by atoms with E-state index in [-0.39, 0.29) is 133 Å². The number of carbonyl (C=O) groups is 2. The Kier molecular flexibility index (Phi) is 46.7. The third kappa shape index (κ3) is 29.6. The number of imidazole rings is 4. The van der Waals surface area contributed by atoms with E-state index in [1.165, 1.54) is 76.4 Å². The Morgan fingerprint density at radius 1 is 0.394 bits per heavy atom. The second kappa shape index (κ2) is 54.1. The summed E-state index contributed by atoms with van der Waals surface area (Å²) in [6, 6.07) is 0. The maximum absolute atomic E-state index is 12.8. The van der Waals surface area contributed by atoms with Gasteiger partial charge in [-0.2, -0.15) is 0 Å². The molecule has 8 aliphatic heterocycles. The number of rotatable bonds is 21. The molecule has 2 atom stereocenters. The molecular formula is C94H157AlClLiN16O23S. The fraction of sp³-hybridized carbons (Fsp3) is 0.766. The topological polar surface area (TPSA) is 428 Å². The number of esters is 2. The maximum Gasteiger partial charge on any atom is 1.00 e. The first-order valence-electron chi connectivity index (χ1n) is 47.9. The molecule has 8 aromatic rings. The van der Waals surface area contributed by atoms with Crippen LogP contribution in [0.5, 0.6) is 0 Å². The molecule has 0 aliphatic carbocycles. The second-order valence-corrected chi connectivity index (χ2v) is 40.7. The molecule has 39 nitrogen and oxygen atoms in total. The van der Waals surface area contributed by atoms with Crippen LogP contribution in [0, 0.1) is 43.8 Å². The number of aliphatic hydroxyl groups excluding tert-OH is 1. The van der Waals surface area contributed by atoms with Gasteiger partial charge in [-0.1, -0.05) is 68.2 Å². The van der Waals surface area contributed by atoms with Crippen LogP contribution in [-0.4, -0.2) is 250 Å². The van der Waals surface area contributed by atoms with Gasteiger partial charge in [0, 0.05) is 192 Å². The molecule has 0 bridgehead atoms. The van der Waals surface area contributed by atoms with E-state index in [1.54, 1.807) is 100.0 Å². The molecule has 8 saturated heterocycles. The summed E-state index contributed by atoms with van der Waals surface area (Å²) in [5.74, 6) is -0.0876. The van der Waals surface area contributed by atoms with Crippen molar-refractivity contribution in [3.8, 4) is 0 Å². The zero-order valence-corrected chi connectivity index (χ0v) is 86.1. The quantitative estimate of drug-likeness (QED) is 0.0591. The summed E-state index contributed by atoms with van der Waals surface area (Å²) >= 11 is 0. The average molecular weight is 1980 g/mol. The predicted octanol–water partition coefficient (Wildman–Crippen LogP) is 4.42. The van der Waals surface area contributed by atoms with E-state index in [1.807, 2.05) is 6.92 Å². The third-order valence-electron chi connectivity index (χ3n) is 30.2. The summed E-state index contributed by atoms with van der Waals surface area (Å²) in [7, 11) is 17.9. The molecule has 0 spiro atoms. The van der Waals surface area contributed by atoms with E-state index in [0.717, 1.165) is 174 Å². The van der Waals surface area contributed by atoms with Crippen molar-refractivity contribution in [2.24, 2.45) is 100 Å². The van der Waals surface area contributed by atoms with Crippen LogP contribution in [0.1, 0.15) is 211 Å². The normalized spacial score (nSPS) is 20.2. The molecule has 16 rings (SSSR count). The zero-order chi connectivity index (χ0) is 99.4. The van der Waals surface area contributed by atoms with Gasteiger partial charge in [0.25, 0.3) is 22.2 Å². The molecule has 137 heavy (non-hydrogen) atoms. The SMILES string of the molecule is CCC1(C(=O)OC)CCOCC1.CCC1(CC)CCOCC1.CCC1(CCn2c(=O)c3c(ncn3C)n(C)c2=O)CCOC1.CCC1(CCn2c(=O)c3c(ncn3C)n(C)c2=O)CCOC1.CCC1(CO)CCOCC1.CCC1(Cn2c(=O)c3c(ncn3C)n(C)c2=O)CCOCC1.CCC1(Cn2c(=O)c3c(ncn3C)n(C)c2=O)CCOCC1.COC(=O)C1CCOCC1.CS(=O)(=O)Cl.[AlH3].[H-].[Li+]. The average Bonchev–Trinajstić information content (AvgIpc) is 1.58. The van der Waals surface area contributed by atoms with E-state index in [2.05, 4.69) is 83.8 Å². The second-order valence-electron chi connectivity index (χ2n) is 37.7. The van der Waals surface area contributed by atoms with Crippen LogP contribution in [0.3, 0.4) is 0 Å². The molecule has 1 N–H and O–H groups in total. The number of fused-ring (bicyclic) bond motifs is 4. The Morgan fingerprint density at radius 3 is 0.883 bits per heavy atom. The van der Waals surface area contributed by atoms with E-state index in [9.17, 15) is 56.4 Å². The first kappa shape index (κ1) is 118. The van der Waals surface area contributed by atoms with Gasteiger partial charge in [0.15, 0.2) is 62.0 Å². The molecule has 768 valence electrons. The van der Waals surface area contributed by atoms with Crippen LogP contribution >= 0.6 is 10.7 Å². The van der Waals surface area contributed by atoms with E-state index in [0.29, 0.717) is 149 Å². The third-order valence-corrected chi connectivity index (χ3v) is 30.2. The van der Waals surface area contributed by atoms with Crippen molar-refractivity contribution in [3.63, 3.8) is 0 Å². The Bertz CT molecular complexity index is 5500. The number of nitrogens with zero attached hydrogens (tertiary/aromatic N) is 16. The van der Waals surface area contributed by atoms with E-state index >= 15 is 0 Å². The Morgan fingerprint density at radius 2 is 0.642 bits per heavy atom. The number of hydrogen-bond acceptors (Lipinski definition) is 27. The van der Waals surface area contributed by atoms with Crippen molar-refractivity contribution in [1.29, 1.82) is 0 Å². The van der Waals surface area contributed by atoms with Gasteiger partial charge in [0.1, 0.15) is 0 Å². The number of carbonyl (C=O) groups excluding carboxylic acids is 2.